The van der Waals surface area contributed by atoms with Gasteiger partial charge in [-0.25, -0.2) is 4.79 Å². The molecule has 0 aliphatic carbocycles. The van der Waals surface area contributed by atoms with Gasteiger partial charge in [-0.3, -0.25) is 14.7 Å². The molecular formula is C24H29F3N4O3. The van der Waals surface area contributed by atoms with E-state index in [2.05, 4.69) is 38.7 Å². The summed E-state index contributed by atoms with van der Waals surface area (Å²) < 4.78 is 31.7. The molecular weight excluding hydrogens is 449 g/mol. The number of piperidine rings is 1. The number of pyridine rings is 1. The molecule has 4 rings (SSSR count). The van der Waals surface area contributed by atoms with Crippen molar-refractivity contribution >= 4 is 11.9 Å². The van der Waals surface area contributed by atoms with Crippen LogP contribution < -0.4 is 10.6 Å². The van der Waals surface area contributed by atoms with E-state index in [1.165, 1.54) is 11.1 Å². The zero-order valence-electron chi connectivity index (χ0n) is 18.7. The Morgan fingerprint density at radius 3 is 2.35 bits per heavy atom. The van der Waals surface area contributed by atoms with Crippen LogP contribution in [0.25, 0.3) is 0 Å². The molecule has 2 aromatic rings. The Balaban J connectivity index is 0.000000406. The van der Waals surface area contributed by atoms with E-state index in [0.29, 0.717) is 6.04 Å². The second kappa shape index (κ2) is 11.9. The monoisotopic (exact) mass is 478 g/mol. The van der Waals surface area contributed by atoms with Crippen molar-refractivity contribution in [3.05, 3.63) is 66.0 Å². The highest BCUT2D eigenvalue weighted by Crippen LogP contribution is 2.30. The van der Waals surface area contributed by atoms with Gasteiger partial charge in [-0.15, -0.1) is 0 Å². The van der Waals surface area contributed by atoms with Crippen molar-refractivity contribution in [1.82, 2.24) is 20.5 Å². The SMILES string of the molecule is O=C(NC1CCN(Cc2cccnc2)CC1)C1CCNC1c1ccccc1.O=C(O)C(F)(F)F. The molecule has 2 aliphatic heterocycles. The van der Waals surface area contributed by atoms with E-state index in [4.69, 9.17) is 9.90 Å². The van der Waals surface area contributed by atoms with Gasteiger partial charge in [0.25, 0.3) is 0 Å². The quantitative estimate of drug-likeness (QED) is 0.611. The van der Waals surface area contributed by atoms with Crippen LogP contribution >= 0.6 is 0 Å². The number of aromatic nitrogens is 1. The molecule has 0 radical (unpaired) electrons. The summed E-state index contributed by atoms with van der Waals surface area (Å²) in [5.41, 5.74) is 2.46. The molecule has 0 spiro atoms. The molecule has 2 unspecified atom stereocenters. The summed E-state index contributed by atoms with van der Waals surface area (Å²) in [4.78, 5) is 28.4. The molecule has 3 N–H and O–H groups in total. The second-order valence-electron chi connectivity index (χ2n) is 8.46. The highest BCUT2D eigenvalue weighted by atomic mass is 19.4. The third-order valence-corrected chi connectivity index (χ3v) is 6.02. The number of carbonyl (C=O) groups is 2. The molecule has 2 aliphatic rings. The average Bonchev–Trinajstić information content (AvgIpc) is 3.32. The molecule has 1 aromatic carbocycles. The Bertz CT molecular complexity index is 920. The van der Waals surface area contributed by atoms with Crippen LogP contribution in [0.2, 0.25) is 0 Å². The lowest BCUT2D eigenvalue weighted by Gasteiger charge is -2.33. The Morgan fingerprint density at radius 2 is 1.76 bits per heavy atom. The van der Waals surface area contributed by atoms with Gasteiger partial charge in [-0.1, -0.05) is 36.4 Å². The number of alkyl halides is 3. The van der Waals surface area contributed by atoms with Crippen molar-refractivity contribution in [3.8, 4) is 0 Å². The van der Waals surface area contributed by atoms with Gasteiger partial charge in [0, 0.05) is 44.1 Å². The zero-order valence-corrected chi connectivity index (χ0v) is 18.7. The standard InChI is InChI=1S/C22H28N4O.C2HF3O2/c27-22(20-8-12-24-21(20)18-6-2-1-3-7-18)25-19-9-13-26(14-10-19)16-17-5-4-11-23-15-17;3-2(4,5)1(6)7/h1-7,11,15,19-21,24H,8-10,12-14,16H2,(H,25,27);(H,6,7). The summed E-state index contributed by atoms with van der Waals surface area (Å²) >= 11 is 0. The van der Waals surface area contributed by atoms with Crippen LogP contribution in [0.5, 0.6) is 0 Å². The predicted octanol–water partition coefficient (Wildman–Crippen LogP) is 3.15. The summed E-state index contributed by atoms with van der Waals surface area (Å²) in [5.74, 6) is -2.52. The summed E-state index contributed by atoms with van der Waals surface area (Å²) in [6.45, 7) is 3.88. The van der Waals surface area contributed by atoms with Gasteiger partial charge in [0.2, 0.25) is 5.91 Å². The van der Waals surface area contributed by atoms with Gasteiger partial charge in [-0.2, -0.15) is 13.2 Å². The van der Waals surface area contributed by atoms with Crippen LogP contribution in [0.3, 0.4) is 0 Å². The molecule has 184 valence electrons. The maximum absolute atomic E-state index is 12.9. The number of carbonyl (C=O) groups excluding carboxylic acids is 1. The van der Waals surface area contributed by atoms with Crippen molar-refractivity contribution < 1.29 is 27.9 Å². The molecule has 2 atom stereocenters. The Labute approximate surface area is 196 Å². The molecule has 2 saturated heterocycles. The third-order valence-electron chi connectivity index (χ3n) is 6.02. The van der Waals surface area contributed by atoms with E-state index in [0.717, 1.165) is 45.4 Å². The number of likely N-dealkylation sites (tertiary alicyclic amines) is 1. The number of carboxylic acid groups (broad SMARTS) is 1. The number of rotatable bonds is 5. The van der Waals surface area contributed by atoms with E-state index in [1.807, 2.05) is 36.7 Å². The van der Waals surface area contributed by atoms with Gasteiger partial charge in [0.05, 0.1) is 5.92 Å². The first-order chi connectivity index (χ1) is 16.2. The van der Waals surface area contributed by atoms with E-state index >= 15 is 0 Å². The van der Waals surface area contributed by atoms with Gasteiger partial charge in [-0.05, 0) is 43.0 Å². The van der Waals surface area contributed by atoms with E-state index in [1.54, 1.807) is 0 Å². The van der Waals surface area contributed by atoms with Gasteiger partial charge >= 0.3 is 12.1 Å². The van der Waals surface area contributed by atoms with Crippen molar-refractivity contribution in [1.29, 1.82) is 0 Å². The Morgan fingerprint density at radius 1 is 1.09 bits per heavy atom. The number of halogens is 3. The summed E-state index contributed by atoms with van der Waals surface area (Å²) in [6, 6.07) is 14.9. The molecule has 10 heteroatoms. The minimum atomic E-state index is -5.08. The first kappa shape index (κ1) is 25.6. The maximum atomic E-state index is 12.9. The van der Waals surface area contributed by atoms with Crippen molar-refractivity contribution in [2.24, 2.45) is 5.92 Å². The minimum absolute atomic E-state index is 0.0285. The van der Waals surface area contributed by atoms with Crippen LogP contribution in [0, 0.1) is 5.92 Å². The fourth-order valence-electron chi connectivity index (χ4n) is 4.29. The van der Waals surface area contributed by atoms with Crippen LogP contribution in [-0.4, -0.2) is 58.7 Å². The number of hydrogen-bond donors (Lipinski definition) is 3. The van der Waals surface area contributed by atoms with Crippen molar-refractivity contribution in [2.75, 3.05) is 19.6 Å². The second-order valence-corrected chi connectivity index (χ2v) is 8.46. The summed E-state index contributed by atoms with van der Waals surface area (Å²) in [7, 11) is 0. The predicted molar refractivity (Wildman–Crippen MR) is 120 cm³/mol. The largest absolute Gasteiger partial charge is 0.490 e. The molecule has 1 amide bonds. The molecule has 0 saturated carbocycles. The number of nitrogens with one attached hydrogen (secondary N) is 2. The van der Waals surface area contributed by atoms with Crippen molar-refractivity contribution in [2.45, 2.75) is 44.1 Å². The number of nitrogens with zero attached hydrogens (tertiary/aromatic N) is 2. The fourth-order valence-corrected chi connectivity index (χ4v) is 4.29. The molecule has 1 aromatic heterocycles. The van der Waals surface area contributed by atoms with Crippen molar-refractivity contribution in [3.63, 3.8) is 0 Å². The number of amides is 1. The highest BCUT2D eigenvalue weighted by Gasteiger charge is 2.38. The summed E-state index contributed by atoms with van der Waals surface area (Å²) in [6.07, 6.45) is 1.60. The topological polar surface area (TPSA) is 94.6 Å². The van der Waals surface area contributed by atoms with Gasteiger partial charge < -0.3 is 15.7 Å². The van der Waals surface area contributed by atoms with Gasteiger partial charge in [0.15, 0.2) is 0 Å². The Hall–Kier alpha value is -2.98. The molecule has 7 nitrogen and oxygen atoms in total. The lowest BCUT2D eigenvalue weighted by atomic mass is 9.92. The molecule has 0 bridgehead atoms. The van der Waals surface area contributed by atoms with Crippen LogP contribution in [0.15, 0.2) is 54.9 Å². The number of carboxylic acids is 1. The Kier molecular flexibility index (Phi) is 9.00. The van der Waals surface area contributed by atoms with E-state index < -0.39 is 12.1 Å². The molecule has 2 fully saturated rings. The third kappa shape index (κ3) is 7.53. The number of benzene rings is 1. The molecule has 34 heavy (non-hydrogen) atoms. The van der Waals surface area contributed by atoms with E-state index in [9.17, 15) is 18.0 Å². The van der Waals surface area contributed by atoms with Crippen LogP contribution in [0.4, 0.5) is 13.2 Å². The minimum Gasteiger partial charge on any atom is -0.475 e. The van der Waals surface area contributed by atoms with Gasteiger partial charge in [0.1, 0.15) is 0 Å². The average molecular weight is 479 g/mol. The fraction of sp³-hybridized carbons (Fsp3) is 0.458. The lowest BCUT2D eigenvalue weighted by molar-refractivity contribution is -0.192. The summed E-state index contributed by atoms with van der Waals surface area (Å²) in [5, 5.41) is 14.0. The first-order valence-electron chi connectivity index (χ1n) is 11.2. The normalized spacial score (nSPS) is 21.4. The highest BCUT2D eigenvalue weighted by molar-refractivity contribution is 5.80. The molecule has 3 heterocycles. The van der Waals surface area contributed by atoms with Crippen LogP contribution in [-0.2, 0) is 16.1 Å². The zero-order chi connectivity index (χ0) is 24.6. The lowest BCUT2D eigenvalue weighted by Crippen LogP contribution is -2.46. The first-order valence-corrected chi connectivity index (χ1v) is 11.2. The van der Waals surface area contributed by atoms with E-state index in [-0.39, 0.29) is 17.9 Å². The number of aliphatic carboxylic acids is 1. The maximum Gasteiger partial charge on any atom is 0.490 e. The number of hydrogen-bond acceptors (Lipinski definition) is 5. The smallest absolute Gasteiger partial charge is 0.475 e. The van der Waals surface area contributed by atoms with Crippen LogP contribution in [0.1, 0.15) is 36.4 Å².